The summed E-state index contributed by atoms with van der Waals surface area (Å²) in [6, 6.07) is 6.46. The molecule has 0 fully saturated rings. The van der Waals surface area contributed by atoms with Crippen LogP contribution in [0, 0.1) is 0 Å². The third-order valence-corrected chi connectivity index (χ3v) is 2.25. The van der Waals surface area contributed by atoms with Gasteiger partial charge in [-0.3, -0.25) is 9.59 Å². The van der Waals surface area contributed by atoms with Gasteiger partial charge in [0.05, 0.1) is 0 Å². The van der Waals surface area contributed by atoms with E-state index in [9.17, 15) is 14.4 Å². The topological polar surface area (TPSA) is 123 Å². The summed E-state index contributed by atoms with van der Waals surface area (Å²) in [4.78, 5) is 32.8. The van der Waals surface area contributed by atoms with Gasteiger partial charge in [0.25, 0.3) is 5.91 Å². The SMILES string of the molecule is NC(=O)c1oc2ccccc2c1NC(=O)C(=O)O. The summed E-state index contributed by atoms with van der Waals surface area (Å²) in [5, 5.41) is 11.0. The van der Waals surface area contributed by atoms with Crippen LogP contribution in [-0.2, 0) is 9.59 Å². The van der Waals surface area contributed by atoms with Crippen molar-refractivity contribution in [1.29, 1.82) is 0 Å². The molecule has 2 amide bonds. The molecule has 2 rings (SSSR count). The van der Waals surface area contributed by atoms with Gasteiger partial charge in [0.2, 0.25) is 5.76 Å². The van der Waals surface area contributed by atoms with E-state index in [0.29, 0.717) is 11.0 Å². The summed E-state index contributed by atoms with van der Waals surface area (Å²) in [5.74, 6) is -4.13. The minimum Gasteiger partial charge on any atom is -0.474 e. The molecule has 0 aliphatic heterocycles. The van der Waals surface area contributed by atoms with E-state index < -0.39 is 17.8 Å². The first-order chi connectivity index (χ1) is 8.50. The third-order valence-electron chi connectivity index (χ3n) is 2.25. The van der Waals surface area contributed by atoms with Gasteiger partial charge in [-0.15, -0.1) is 0 Å². The zero-order valence-corrected chi connectivity index (χ0v) is 8.97. The summed E-state index contributed by atoms with van der Waals surface area (Å²) in [7, 11) is 0. The highest BCUT2D eigenvalue weighted by atomic mass is 16.4. The summed E-state index contributed by atoms with van der Waals surface area (Å²) in [6.45, 7) is 0. The molecule has 2 aromatic rings. The molecular formula is C11H8N2O5. The molecule has 1 aromatic heterocycles. The summed E-state index contributed by atoms with van der Waals surface area (Å²) < 4.78 is 5.16. The van der Waals surface area contributed by atoms with Gasteiger partial charge in [0.1, 0.15) is 11.3 Å². The second-order valence-corrected chi connectivity index (χ2v) is 3.43. The Bertz CT molecular complexity index is 658. The Morgan fingerprint density at radius 1 is 1.22 bits per heavy atom. The number of anilines is 1. The molecule has 1 heterocycles. The number of fused-ring (bicyclic) bond motifs is 1. The Hall–Kier alpha value is -2.83. The van der Waals surface area contributed by atoms with Crippen molar-refractivity contribution in [3.63, 3.8) is 0 Å². The molecule has 0 aliphatic rings. The monoisotopic (exact) mass is 248 g/mol. The lowest BCUT2D eigenvalue weighted by Crippen LogP contribution is -2.23. The molecule has 0 aliphatic carbocycles. The average Bonchev–Trinajstić information content (AvgIpc) is 2.68. The molecule has 0 atom stereocenters. The Morgan fingerprint density at radius 3 is 2.50 bits per heavy atom. The smallest absolute Gasteiger partial charge is 0.394 e. The third kappa shape index (κ3) is 1.88. The van der Waals surface area contributed by atoms with Crippen LogP contribution in [0.2, 0.25) is 0 Å². The number of furan rings is 1. The van der Waals surface area contributed by atoms with E-state index in [4.69, 9.17) is 15.3 Å². The first-order valence-electron chi connectivity index (χ1n) is 4.86. The van der Waals surface area contributed by atoms with E-state index in [0.717, 1.165) is 0 Å². The molecule has 0 saturated carbocycles. The molecule has 0 unspecified atom stereocenters. The van der Waals surface area contributed by atoms with Crippen LogP contribution < -0.4 is 11.1 Å². The number of nitrogens with one attached hydrogen (secondary N) is 1. The minimum absolute atomic E-state index is 0.0366. The standard InChI is InChI=1S/C11H8N2O5/c12-9(14)8-7(13-10(15)11(16)17)5-3-1-2-4-6(5)18-8/h1-4H,(H2,12,14)(H,13,15)(H,16,17). The Balaban J connectivity index is 2.58. The van der Waals surface area contributed by atoms with E-state index in [2.05, 4.69) is 5.32 Å². The van der Waals surface area contributed by atoms with Crippen molar-refractivity contribution in [1.82, 2.24) is 0 Å². The molecule has 1 aromatic carbocycles. The highest BCUT2D eigenvalue weighted by molar-refractivity contribution is 6.37. The van der Waals surface area contributed by atoms with E-state index in [1.165, 1.54) is 0 Å². The minimum atomic E-state index is -1.67. The van der Waals surface area contributed by atoms with Crippen molar-refractivity contribution in [3.05, 3.63) is 30.0 Å². The van der Waals surface area contributed by atoms with Crippen molar-refractivity contribution in [3.8, 4) is 0 Å². The number of benzene rings is 1. The van der Waals surface area contributed by atoms with Crippen molar-refractivity contribution < 1.29 is 23.9 Å². The van der Waals surface area contributed by atoms with Crippen LogP contribution in [0.4, 0.5) is 5.69 Å². The van der Waals surface area contributed by atoms with Gasteiger partial charge in [-0.05, 0) is 12.1 Å². The number of nitrogens with two attached hydrogens (primary N) is 1. The van der Waals surface area contributed by atoms with E-state index in [-0.39, 0.29) is 11.4 Å². The maximum absolute atomic E-state index is 11.2. The highest BCUT2D eigenvalue weighted by Gasteiger charge is 2.22. The van der Waals surface area contributed by atoms with E-state index in [1.807, 2.05) is 0 Å². The molecule has 92 valence electrons. The summed E-state index contributed by atoms with van der Waals surface area (Å²) >= 11 is 0. The number of aliphatic carboxylic acids is 1. The Kier molecular flexibility index (Phi) is 2.72. The maximum atomic E-state index is 11.2. The fraction of sp³-hybridized carbons (Fsp3) is 0. The van der Waals surface area contributed by atoms with Gasteiger partial charge >= 0.3 is 11.9 Å². The molecule has 0 saturated heterocycles. The zero-order chi connectivity index (χ0) is 13.3. The number of carboxylic acids is 1. The number of rotatable bonds is 2. The number of hydrogen-bond acceptors (Lipinski definition) is 4. The van der Waals surface area contributed by atoms with Gasteiger partial charge in [-0.2, -0.15) is 0 Å². The van der Waals surface area contributed by atoms with E-state index in [1.54, 1.807) is 24.3 Å². The molecule has 7 heteroatoms. The van der Waals surface area contributed by atoms with Crippen LogP contribution in [0.25, 0.3) is 11.0 Å². The predicted molar refractivity (Wildman–Crippen MR) is 61.0 cm³/mol. The van der Waals surface area contributed by atoms with Crippen LogP contribution in [0.15, 0.2) is 28.7 Å². The molecule has 0 radical (unpaired) electrons. The fourth-order valence-electron chi connectivity index (χ4n) is 1.51. The summed E-state index contributed by atoms with van der Waals surface area (Å²) in [6.07, 6.45) is 0. The van der Waals surface area contributed by atoms with Crippen LogP contribution in [0.5, 0.6) is 0 Å². The lowest BCUT2D eigenvalue weighted by molar-refractivity contribution is -0.147. The number of para-hydroxylation sites is 1. The van der Waals surface area contributed by atoms with Crippen LogP contribution in [-0.4, -0.2) is 22.9 Å². The number of carboxylic acid groups (broad SMARTS) is 1. The van der Waals surface area contributed by atoms with Crippen molar-refractivity contribution in [2.45, 2.75) is 0 Å². The van der Waals surface area contributed by atoms with Crippen LogP contribution in [0.3, 0.4) is 0 Å². The Morgan fingerprint density at radius 2 is 1.89 bits per heavy atom. The first kappa shape index (κ1) is 11.6. The van der Waals surface area contributed by atoms with Gasteiger partial charge in [0, 0.05) is 5.39 Å². The lowest BCUT2D eigenvalue weighted by Gasteiger charge is -2.00. The number of primary amides is 1. The zero-order valence-electron chi connectivity index (χ0n) is 8.97. The number of carbonyl (C=O) groups is 3. The largest absolute Gasteiger partial charge is 0.474 e. The fourth-order valence-corrected chi connectivity index (χ4v) is 1.51. The molecular weight excluding hydrogens is 240 g/mol. The van der Waals surface area contributed by atoms with Crippen molar-refractivity contribution in [2.75, 3.05) is 5.32 Å². The van der Waals surface area contributed by atoms with Gasteiger partial charge in [0.15, 0.2) is 0 Å². The predicted octanol–water partition coefficient (Wildman–Crippen LogP) is 0.555. The van der Waals surface area contributed by atoms with Crippen molar-refractivity contribution in [2.24, 2.45) is 5.73 Å². The summed E-state index contributed by atoms with van der Waals surface area (Å²) in [5.41, 5.74) is 5.39. The number of carbonyl (C=O) groups excluding carboxylic acids is 2. The van der Waals surface area contributed by atoms with Crippen LogP contribution >= 0.6 is 0 Å². The molecule has 0 spiro atoms. The molecule has 18 heavy (non-hydrogen) atoms. The highest BCUT2D eigenvalue weighted by Crippen LogP contribution is 2.30. The quantitative estimate of drug-likeness (QED) is 0.670. The van der Waals surface area contributed by atoms with Gasteiger partial charge < -0.3 is 20.6 Å². The van der Waals surface area contributed by atoms with Crippen molar-refractivity contribution >= 4 is 34.4 Å². The Labute approximate surface area is 100 Å². The van der Waals surface area contributed by atoms with Gasteiger partial charge in [-0.1, -0.05) is 12.1 Å². The maximum Gasteiger partial charge on any atom is 0.394 e. The molecule has 4 N–H and O–H groups in total. The normalized spacial score (nSPS) is 10.2. The second kappa shape index (κ2) is 4.21. The average molecular weight is 248 g/mol. The number of hydrogen-bond donors (Lipinski definition) is 3. The van der Waals surface area contributed by atoms with Crippen LogP contribution in [0.1, 0.15) is 10.6 Å². The lowest BCUT2D eigenvalue weighted by atomic mass is 10.2. The van der Waals surface area contributed by atoms with Gasteiger partial charge in [-0.25, -0.2) is 4.79 Å². The van der Waals surface area contributed by atoms with E-state index >= 15 is 0 Å². The second-order valence-electron chi connectivity index (χ2n) is 3.43. The number of amides is 2. The first-order valence-corrected chi connectivity index (χ1v) is 4.86. The molecule has 7 nitrogen and oxygen atoms in total. The molecule has 0 bridgehead atoms.